The molecule has 54 valence electrons. The van der Waals surface area contributed by atoms with Gasteiger partial charge in [-0.15, -0.1) is 10.2 Å². The van der Waals surface area contributed by atoms with Crippen molar-refractivity contribution in [2.75, 3.05) is 0 Å². The van der Waals surface area contributed by atoms with Crippen molar-refractivity contribution in [2.24, 2.45) is 20.5 Å². The largest absolute Gasteiger partial charge is 0.158 e. The lowest BCUT2D eigenvalue weighted by atomic mass is 10.3. The van der Waals surface area contributed by atoms with Crippen molar-refractivity contribution in [1.82, 2.24) is 0 Å². The van der Waals surface area contributed by atoms with Gasteiger partial charge in [0.15, 0.2) is 0 Å². The number of allylic oxidation sites excluding steroid dienone is 2. The molecule has 2 aliphatic heterocycles. The van der Waals surface area contributed by atoms with Gasteiger partial charge in [-0.3, -0.25) is 0 Å². The third-order valence-electron chi connectivity index (χ3n) is 1.19. The lowest BCUT2D eigenvalue weighted by Gasteiger charge is -1.85. The molecule has 0 bridgehead atoms. The summed E-state index contributed by atoms with van der Waals surface area (Å²) >= 11 is 0. The van der Waals surface area contributed by atoms with Gasteiger partial charge in [0.25, 0.3) is 0 Å². The van der Waals surface area contributed by atoms with Gasteiger partial charge in [0.05, 0.1) is 20.8 Å². The Balaban J connectivity index is 0.000000605. The molecule has 0 saturated heterocycles. The molecular weight excluding hydrogens is 139 g/mol. The van der Waals surface area contributed by atoms with Crippen LogP contribution in [0.1, 0.15) is 0 Å². The molecule has 0 fully saturated rings. The summed E-state index contributed by atoms with van der Waals surface area (Å²) in [6, 6.07) is 0. The molecule has 0 unspecified atom stereocenters. The van der Waals surface area contributed by atoms with Crippen LogP contribution >= 0.6 is 0 Å². The predicted octanol–water partition coefficient (Wildman–Crippen LogP) is 0.973. The van der Waals surface area contributed by atoms with Crippen LogP contribution in [0.5, 0.6) is 0 Å². The van der Waals surface area contributed by atoms with Crippen LogP contribution < -0.4 is 0 Å². The van der Waals surface area contributed by atoms with Crippen LogP contribution in [0.25, 0.3) is 0 Å². The third-order valence-corrected chi connectivity index (χ3v) is 1.19. The smallest absolute Gasteiger partial charge is 0.115 e. The number of rotatable bonds is 0. The highest BCUT2D eigenvalue weighted by Gasteiger charge is 2.04. The first-order valence-electron chi connectivity index (χ1n) is 2.86. The van der Waals surface area contributed by atoms with Crippen LogP contribution in [0.3, 0.4) is 0 Å². The van der Waals surface area contributed by atoms with E-state index in [-0.39, 0.29) is 8.41 Å². The molecule has 0 spiro atoms. The Morgan fingerprint density at radius 3 is 1.55 bits per heavy atom. The van der Waals surface area contributed by atoms with Gasteiger partial charge in [0, 0.05) is 0 Å². The van der Waals surface area contributed by atoms with Gasteiger partial charge in [0.2, 0.25) is 0 Å². The second-order valence-electron chi connectivity index (χ2n) is 1.83. The van der Waals surface area contributed by atoms with Gasteiger partial charge >= 0.3 is 0 Å². The molecule has 0 aromatic carbocycles. The highest BCUT2D eigenvalue weighted by molar-refractivity contribution is 5.75. The minimum atomic E-state index is 0. The predicted molar refractivity (Wildman–Crippen MR) is 45.0 cm³/mol. The van der Waals surface area contributed by atoms with Crippen molar-refractivity contribution >= 4 is 8.41 Å². The van der Waals surface area contributed by atoms with Gasteiger partial charge in [0.1, 0.15) is 11.4 Å². The van der Waals surface area contributed by atoms with Crippen LogP contribution in [0, 0.1) is 0 Å². The molecule has 2 heterocycles. The molecule has 0 saturated carbocycles. The first-order chi connectivity index (χ1) is 4.97. The summed E-state index contributed by atoms with van der Waals surface area (Å²) in [5, 5.41) is 14.9. The zero-order valence-corrected chi connectivity index (χ0v) is 5.10. The molecule has 0 aromatic rings. The molecule has 0 radical (unpaired) electrons. The Bertz CT molecular complexity index is 240. The quantitative estimate of drug-likeness (QED) is 0.457. The van der Waals surface area contributed by atoms with Gasteiger partial charge in [-0.05, 0) is 12.2 Å². The van der Waals surface area contributed by atoms with Crippen molar-refractivity contribution in [1.29, 1.82) is 0 Å². The van der Waals surface area contributed by atoms with E-state index in [4.69, 9.17) is 0 Å². The van der Waals surface area contributed by atoms with Gasteiger partial charge in [-0.2, -0.15) is 10.2 Å². The topological polar surface area (TPSA) is 49.4 Å². The van der Waals surface area contributed by atoms with E-state index in [0.717, 1.165) is 11.4 Å². The highest BCUT2D eigenvalue weighted by Crippen LogP contribution is 2.19. The molecule has 0 aliphatic carbocycles. The molecule has 0 aromatic heterocycles. The van der Waals surface area contributed by atoms with Crippen molar-refractivity contribution in [3.63, 3.8) is 0 Å². The van der Waals surface area contributed by atoms with E-state index >= 15 is 0 Å². The van der Waals surface area contributed by atoms with E-state index < -0.39 is 0 Å². The third kappa shape index (κ3) is 1.31. The molecule has 0 atom stereocenters. The van der Waals surface area contributed by atoms with Crippen molar-refractivity contribution < 1.29 is 0 Å². The fraction of sp³-hybridized carbons (Fsp3) is 0. The Kier molecular flexibility index (Phi) is 2.10. The van der Waals surface area contributed by atoms with Crippen LogP contribution in [-0.2, 0) is 0 Å². The summed E-state index contributed by atoms with van der Waals surface area (Å²) in [4.78, 5) is 0. The maximum atomic E-state index is 3.81. The molecule has 5 heteroatoms. The van der Waals surface area contributed by atoms with Crippen molar-refractivity contribution in [3.05, 3.63) is 35.9 Å². The lowest BCUT2D eigenvalue weighted by molar-refractivity contribution is 1.15. The molecule has 2 rings (SSSR count). The number of azo groups is 2. The van der Waals surface area contributed by atoms with Crippen LogP contribution in [0.2, 0.25) is 0 Å². The van der Waals surface area contributed by atoms with Gasteiger partial charge in [-0.1, -0.05) is 0 Å². The molecule has 0 N–H and O–H groups in total. The van der Waals surface area contributed by atoms with E-state index in [1.54, 1.807) is 24.6 Å². The number of hydrogen-bond acceptors (Lipinski definition) is 4. The van der Waals surface area contributed by atoms with Gasteiger partial charge < -0.3 is 0 Å². The van der Waals surface area contributed by atoms with E-state index in [1.165, 1.54) is 0 Å². The number of nitrogens with zero attached hydrogens (tertiary/aromatic N) is 4. The first kappa shape index (κ1) is 7.59. The Morgan fingerprint density at radius 1 is 0.818 bits per heavy atom. The summed E-state index contributed by atoms with van der Waals surface area (Å²) in [6.45, 7) is 0. The van der Waals surface area contributed by atoms with Crippen LogP contribution in [-0.4, -0.2) is 8.41 Å². The zero-order chi connectivity index (χ0) is 6.81. The molecule has 0 amide bonds. The normalized spacial score (nSPS) is 24.7. The molecular formula is C6H7BN4. The Morgan fingerprint density at radius 2 is 1.27 bits per heavy atom. The van der Waals surface area contributed by atoms with E-state index in [2.05, 4.69) is 20.5 Å². The summed E-state index contributed by atoms with van der Waals surface area (Å²) in [6.07, 6.45) is 6.85. The van der Waals surface area contributed by atoms with Gasteiger partial charge in [-0.25, -0.2) is 0 Å². The maximum absolute atomic E-state index is 3.81. The van der Waals surface area contributed by atoms with Crippen LogP contribution in [0.15, 0.2) is 56.4 Å². The average Bonchev–Trinajstić information content (AvgIpc) is 2.59. The maximum Gasteiger partial charge on any atom is 0.115 e. The van der Waals surface area contributed by atoms with Crippen molar-refractivity contribution in [3.8, 4) is 0 Å². The molecule has 11 heavy (non-hydrogen) atoms. The van der Waals surface area contributed by atoms with E-state index in [0.29, 0.717) is 0 Å². The van der Waals surface area contributed by atoms with E-state index in [1.807, 2.05) is 0 Å². The SMILES string of the molecule is B.C1=CC(=C2C=CN=N2)N=N1. The fourth-order valence-corrected chi connectivity index (χ4v) is 0.739. The Hall–Kier alpha value is -1.52. The summed E-state index contributed by atoms with van der Waals surface area (Å²) in [5.74, 6) is 0. The van der Waals surface area contributed by atoms with E-state index in [9.17, 15) is 0 Å². The number of hydrogen-bond donors (Lipinski definition) is 0. The lowest BCUT2D eigenvalue weighted by Crippen LogP contribution is -1.72. The summed E-state index contributed by atoms with van der Waals surface area (Å²) in [7, 11) is 0. The monoisotopic (exact) mass is 146 g/mol. The van der Waals surface area contributed by atoms with Crippen LogP contribution in [0.4, 0.5) is 0 Å². The minimum Gasteiger partial charge on any atom is -0.158 e. The second kappa shape index (κ2) is 3.05. The summed E-state index contributed by atoms with van der Waals surface area (Å²) in [5.41, 5.74) is 1.55. The highest BCUT2D eigenvalue weighted by atomic mass is 15.2. The van der Waals surface area contributed by atoms with Crippen molar-refractivity contribution in [2.45, 2.75) is 0 Å². The standard InChI is InChI=1S/C6H4N4.BH3/c1-3-7-9-5(1)6-2-4-8-10-6;/h1-4H;1H3. The second-order valence-corrected chi connectivity index (χ2v) is 1.83. The zero-order valence-electron chi connectivity index (χ0n) is 5.10. The fourth-order valence-electron chi connectivity index (χ4n) is 0.739. The Labute approximate surface area is 65.7 Å². The summed E-state index contributed by atoms with van der Waals surface area (Å²) < 4.78 is 0. The average molecular weight is 146 g/mol. The molecule has 4 nitrogen and oxygen atoms in total. The minimum absolute atomic E-state index is 0. The molecule has 2 aliphatic rings. The first-order valence-corrected chi connectivity index (χ1v) is 2.86.